The van der Waals surface area contributed by atoms with Crippen molar-refractivity contribution in [2.24, 2.45) is 0 Å². The van der Waals surface area contributed by atoms with Crippen LogP contribution in [-0.2, 0) is 5.41 Å². The first kappa shape index (κ1) is 18.2. The number of nitrogens with zero attached hydrogens (tertiary/aromatic N) is 1. The molecule has 0 aliphatic carbocycles. The van der Waals surface area contributed by atoms with Crippen LogP contribution in [0.2, 0.25) is 0 Å². The number of nitrogens with one attached hydrogen (secondary N) is 1. The van der Waals surface area contributed by atoms with Crippen molar-refractivity contribution in [3.63, 3.8) is 0 Å². The molecule has 4 rings (SSSR count). The molecule has 4 atom stereocenters. The van der Waals surface area contributed by atoms with E-state index in [-0.39, 0.29) is 11.9 Å². The number of hydrogen-bond donors (Lipinski definition) is 3. The van der Waals surface area contributed by atoms with Gasteiger partial charge in [-0.1, -0.05) is 22.0 Å². The lowest BCUT2D eigenvalue weighted by Gasteiger charge is -2.58. The Hall–Kier alpha value is -1.18. The zero-order valence-corrected chi connectivity index (χ0v) is 16.1. The Morgan fingerprint density at radius 2 is 2.19 bits per heavy atom. The van der Waals surface area contributed by atoms with E-state index in [2.05, 4.69) is 21.2 Å². The highest BCUT2D eigenvalue weighted by molar-refractivity contribution is 9.10. The topological polar surface area (TPSA) is 72.8 Å². The Balaban J connectivity index is 1.92. The Morgan fingerprint density at radius 1 is 1.38 bits per heavy atom. The van der Waals surface area contributed by atoms with Gasteiger partial charge in [-0.05, 0) is 62.8 Å². The van der Waals surface area contributed by atoms with Crippen LogP contribution in [0.15, 0.2) is 22.7 Å². The van der Waals surface area contributed by atoms with E-state index >= 15 is 4.39 Å². The standard InChI is InChI=1S/C19H24BrFN2O3/c20-12-2-3-15(16(21)8-12)18(5-1-7-22-11-18)19-6-4-13(9-14(24)10-19)23(19)17(25)26/h2-3,8,13-14,22,24H,1,4-7,9-11H2,(H,25,26). The highest BCUT2D eigenvalue weighted by Crippen LogP contribution is 2.57. The van der Waals surface area contributed by atoms with Crippen LogP contribution < -0.4 is 5.32 Å². The summed E-state index contributed by atoms with van der Waals surface area (Å²) in [6.45, 7) is 1.36. The summed E-state index contributed by atoms with van der Waals surface area (Å²) in [6.07, 6.45) is 2.29. The second-order valence-corrected chi connectivity index (χ2v) is 8.87. The number of fused-ring (bicyclic) bond motifs is 2. The van der Waals surface area contributed by atoms with Crippen LogP contribution in [0.25, 0.3) is 0 Å². The van der Waals surface area contributed by atoms with E-state index in [0.717, 1.165) is 19.4 Å². The molecule has 3 fully saturated rings. The van der Waals surface area contributed by atoms with Crippen LogP contribution in [-0.4, -0.2) is 52.0 Å². The molecule has 3 N–H and O–H groups in total. The Kier molecular flexibility index (Phi) is 4.52. The molecule has 1 aromatic carbocycles. The number of benzene rings is 1. The summed E-state index contributed by atoms with van der Waals surface area (Å²) >= 11 is 3.32. The van der Waals surface area contributed by atoms with E-state index in [4.69, 9.17) is 0 Å². The van der Waals surface area contributed by atoms with Gasteiger partial charge in [0.15, 0.2) is 0 Å². The first-order valence-corrected chi connectivity index (χ1v) is 10.1. The fourth-order valence-electron chi connectivity index (χ4n) is 5.88. The predicted molar refractivity (Wildman–Crippen MR) is 98.7 cm³/mol. The lowest BCUT2D eigenvalue weighted by molar-refractivity contribution is -0.0559. The van der Waals surface area contributed by atoms with Crippen molar-refractivity contribution in [1.82, 2.24) is 10.2 Å². The summed E-state index contributed by atoms with van der Waals surface area (Å²) in [7, 11) is 0. The van der Waals surface area contributed by atoms with Crippen LogP contribution in [0.4, 0.5) is 9.18 Å². The van der Waals surface area contributed by atoms with E-state index in [1.165, 1.54) is 6.07 Å². The lowest BCUT2D eigenvalue weighted by atomic mass is 9.58. The summed E-state index contributed by atoms with van der Waals surface area (Å²) in [5.41, 5.74) is -0.887. The summed E-state index contributed by atoms with van der Waals surface area (Å²) in [5.74, 6) is -0.314. The minimum absolute atomic E-state index is 0.187. The normalized spacial score (nSPS) is 37.0. The molecule has 2 bridgehead atoms. The maximum atomic E-state index is 15.1. The molecule has 3 aliphatic heterocycles. The van der Waals surface area contributed by atoms with Gasteiger partial charge < -0.3 is 15.5 Å². The molecule has 0 radical (unpaired) electrons. The molecule has 3 aliphatic rings. The monoisotopic (exact) mass is 426 g/mol. The van der Waals surface area contributed by atoms with Crippen LogP contribution in [0.1, 0.15) is 44.1 Å². The van der Waals surface area contributed by atoms with Crippen LogP contribution in [0, 0.1) is 5.82 Å². The third kappa shape index (κ3) is 2.51. The second kappa shape index (κ2) is 6.46. The molecule has 1 aromatic rings. The number of rotatable bonds is 2. The first-order valence-electron chi connectivity index (χ1n) is 9.26. The summed E-state index contributed by atoms with van der Waals surface area (Å²) < 4.78 is 15.8. The van der Waals surface area contributed by atoms with Gasteiger partial charge in [-0.2, -0.15) is 0 Å². The van der Waals surface area contributed by atoms with E-state index in [0.29, 0.717) is 42.3 Å². The number of aliphatic hydroxyl groups is 1. The third-order valence-electron chi connectivity index (χ3n) is 6.76. The predicted octanol–water partition coefficient (Wildman–Crippen LogP) is 3.25. The van der Waals surface area contributed by atoms with Crippen molar-refractivity contribution in [2.45, 2.75) is 61.6 Å². The minimum Gasteiger partial charge on any atom is -0.465 e. The smallest absolute Gasteiger partial charge is 0.408 e. The van der Waals surface area contributed by atoms with Crippen molar-refractivity contribution in [1.29, 1.82) is 0 Å². The van der Waals surface area contributed by atoms with Crippen LogP contribution in [0.3, 0.4) is 0 Å². The van der Waals surface area contributed by atoms with Crippen molar-refractivity contribution in [2.75, 3.05) is 13.1 Å². The molecular weight excluding hydrogens is 403 g/mol. The van der Waals surface area contributed by atoms with Crippen molar-refractivity contribution in [3.8, 4) is 0 Å². The van der Waals surface area contributed by atoms with Gasteiger partial charge >= 0.3 is 6.09 Å². The van der Waals surface area contributed by atoms with Gasteiger partial charge in [0, 0.05) is 22.5 Å². The molecule has 0 saturated carbocycles. The van der Waals surface area contributed by atoms with E-state index < -0.39 is 23.2 Å². The minimum atomic E-state index is -0.957. The van der Waals surface area contributed by atoms with Gasteiger partial charge in [-0.25, -0.2) is 9.18 Å². The number of amides is 1. The Labute approximate surface area is 160 Å². The average Bonchev–Trinajstić information content (AvgIpc) is 2.85. The van der Waals surface area contributed by atoms with Crippen molar-refractivity contribution in [3.05, 3.63) is 34.1 Å². The molecule has 3 heterocycles. The van der Waals surface area contributed by atoms with Gasteiger partial charge in [0.05, 0.1) is 11.6 Å². The van der Waals surface area contributed by atoms with Crippen molar-refractivity contribution < 1.29 is 19.4 Å². The number of piperidine rings is 2. The van der Waals surface area contributed by atoms with Gasteiger partial charge in [-0.3, -0.25) is 4.90 Å². The fraction of sp³-hybridized carbons (Fsp3) is 0.632. The first-order chi connectivity index (χ1) is 12.4. The zero-order valence-electron chi connectivity index (χ0n) is 14.5. The molecular formula is C19H24BrFN2O3. The number of halogens is 2. The maximum Gasteiger partial charge on any atom is 0.408 e. The molecule has 26 heavy (non-hydrogen) atoms. The van der Waals surface area contributed by atoms with Gasteiger partial charge in [-0.15, -0.1) is 0 Å². The largest absolute Gasteiger partial charge is 0.465 e. The Morgan fingerprint density at radius 3 is 2.85 bits per heavy atom. The summed E-state index contributed by atoms with van der Waals surface area (Å²) in [5, 5.41) is 23.9. The quantitative estimate of drug-likeness (QED) is 0.678. The molecule has 3 saturated heterocycles. The van der Waals surface area contributed by atoms with Gasteiger partial charge in [0.1, 0.15) is 5.82 Å². The molecule has 0 aromatic heterocycles. The number of carboxylic acid groups (broad SMARTS) is 1. The van der Waals surface area contributed by atoms with Gasteiger partial charge in [0.2, 0.25) is 0 Å². The third-order valence-corrected chi connectivity index (χ3v) is 7.26. The highest BCUT2D eigenvalue weighted by atomic mass is 79.9. The zero-order chi connectivity index (χ0) is 18.5. The number of carbonyl (C=O) groups is 1. The summed E-state index contributed by atoms with van der Waals surface area (Å²) in [4.78, 5) is 13.8. The lowest BCUT2D eigenvalue weighted by Crippen LogP contribution is -2.69. The van der Waals surface area contributed by atoms with Gasteiger partial charge in [0.25, 0.3) is 0 Å². The molecule has 4 unspecified atom stereocenters. The number of hydrogen-bond acceptors (Lipinski definition) is 3. The molecule has 5 nitrogen and oxygen atoms in total. The molecule has 7 heteroatoms. The number of aliphatic hydroxyl groups excluding tert-OH is 1. The SMILES string of the molecule is O=C(O)N1C2CCC1(C1(c3ccc(Br)cc3F)CCCNC1)CC(O)C2. The maximum absolute atomic E-state index is 15.1. The van der Waals surface area contributed by atoms with E-state index in [1.54, 1.807) is 11.0 Å². The van der Waals surface area contributed by atoms with Crippen LogP contribution in [0.5, 0.6) is 0 Å². The molecule has 1 amide bonds. The van der Waals surface area contributed by atoms with Crippen LogP contribution >= 0.6 is 15.9 Å². The second-order valence-electron chi connectivity index (χ2n) is 7.96. The highest BCUT2D eigenvalue weighted by Gasteiger charge is 2.64. The molecule has 142 valence electrons. The fourth-order valence-corrected chi connectivity index (χ4v) is 6.21. The average molecular weight is 427 g/mol. The molecule has 0 spiro atoms. The summed E-state index contributed by atoms with van der Waals surface area (Å²) in [6, 6.07) is 4.88. The van der Waals surface area contributed by atoms with Crippen molar-refractivity contribution >= 4 is 22.0 Å². The Bertz CT molecular complexity index is 725. The van der Waals surface area contributed by atoms with E-state index in [1.807, 2.05) is 6.07 Å². The van der Waals surface area contributed by atoms with E-state index in [9.17, 15) is 15.0 Å².